The molecule has 1 amide bonds. The molecule has 0 bridgehead atoms. The number of rotatable bonds is 4. The van der Waals surface area contributed by atoms with Crippen LogP contribution >= 0.6 is 0 Å². The lowest BCUT2D eigenvalue weighted by atomic mass is 10.1. The number of ether oxygens (including phenoxy) is 1. The van der Waals surface area contributed by atoms with E-state index in [1.165, 1.54) is 36.7 Å². The van der Waals surface area contributed by atoms with Crippen LogP contribution in [-0.4, -0.2) is 22.2 Å². The molecule has 25 heavy (non-hydrogen) atoms. The molecule has 0 fully saturated rings. The van der Waals surface area contributed by atoms with Gasteiger partial charge in [0.1, 0.15) is 17.9 Å². The molecule has 1 aromatic heterocycles. The fraction of sp³-hybridized carbons (Fsp3) is 0.0625. The van der Waals surface area contributed by atoms with Crippen LogP contribution in [0, 0.1) is 0 Å². The number of halogens is 3. The summed E-state index contributed by atoms with van der Waals surface area (Å²) in [5.74, 6) is -0.461. The summed E-state index contributed by atoms with van der Waals surface area (Å²) < 4.78 is 40.3. The third kappa shape index (κ3) is 3.94. The topological polar surface area (TPSA) is 90.1 Å². The molecule has 0 atom stereocenters. The Morgan fingerprint density at radius 1 is 1.08 bits per heavy atom. The lowest BCUT2D eigenvalue weighted by Crippen LogP contribution is -2.16. The van der Waals surface area contributed by atoms with E-state index in [0.717, 1.165) is 0 Å². The maximum absolute atomic E-state index is 12.2. The highest BCUT2D eigenvalue weighted by Gasteiger charge is 2.30. The molecule has 6 nitrogen and oxygen atoms in total. The highest BCUT2D eigenvalue weighted by Crippen LogP contribution is 2.27. The van der Waals surface area contributed by atoms with Crippen LogP contribution in [0.15, 0.2) is 48.8 Å². The van der Waals surface area contributed by atoms with Gasteiger partial charge in [-0.05, 0) is 42.5 Å². The van der Waals surface area contributed by atoms with Crippen LogP contribution < -0.4 is 15.8 Å². The van der Waals surface area contributed by atoms with Gasteiger partial charge in [0.25, 0.3) is 0 Å². The molecular formula is C16H11F3N4O2. The second-order valence-corrected chi connectivity index (χ2v) is 5.02. The number of primary amides is 1. The smallest absolute Gasteiger partial charge is 0.406 e. The van der Waals surface area contributed by atoms with Crippen LogP contribution in [0.25, 0.3) is 10.9 Å². The standard InChI is InChI=1S/C16H11F3N4O2/c17-16(18,19)25-11-4-2-10(3-5-11)23-15-12-6-1-9(14(20)24)7-13(12)21-8-22-15/h1-8H,(H2,20,24)(H,21,22,23). The minimum atomic E-state index is -4.74. The number of fused-ring (bicyclic) bond motifs is 1. The largest absolute Gasteiger partial charge is 0.573 e. The Morgan fingerprint density at radius 2 is 1.80 bits per heavy atom. The van der Waals surface area contributed by atoms with E-state index in [-0.39, 0.29) is 5.75 Å². The molecule has 3 N–H and O–H groups in total. The number of alkyl halides is 3. The quantitative estimate of drug-likeness (QED) is 0.754. The summed E-state index contributed by atoms with van der Waals surface area (Å²) >= 11 is 0. The van der Waals surface area contributed by atoms with Crippen molar-refractivity contribution in [2.75, 3.05) is 5.32 Å². The van der Waals surface area contributed by atoms with E-state index in [0.29, 0.717) is 28.0 Å². The number of carbonyl (C=O) groups is 1. The number of amides is 1. The molecule has 0 spiro atoms. The van der Waals surface area contributed by atoms with Gasteiger partial charge in [-0.15, -0.1) is 13.2 Å². The molecule has 0 unspecified atom stereocenters. The molecule has 0 aliphatic rings. The van der Waals surface area contributed by atoms with Crippen LogP contribution in [0.3, 0.4) is 0 Å². The van der Waals surface area contributed by atoms with Gasteiger partial charge in [0.2, 0.25) is 5.91 Å². The Labute approximate surface area is 139 Å². The zero-order valence-corrected chi connectivity index (χ0v) is 12.5. The number of hydrogen-bond acceptors (Lipinski definition) is 5. The average molecular weight is 348 g/mol. The molecule has 128 valence electrons. The number of hydrogen-bond donors (Lipinski definition) is 2. The van der Waals surface area contributed by atoms with Gasteiger partial charge in [-0.2, -0.15) is 0 Å². The number of anilines is 2. The summed E-state index contributed by atoms with van der Waals surface area (Å²) in [6, 6.07) is 9.93. The second kappa shape index (κ2) is 6.27. The summed E-state index contributed by atoms with van der Waals surface area (Å²) in [6.07, 6.45) is -3.44. The Bertz CT molecular complexity index is 927. The lowest BCUT2D eigenvalue weighted by Gasteiger charge is -2.11. The van der Waals surface area contributed by atoms with Gasteiger partial charge in [0.05, 0.1) is 5.52 Å². The minimum absolute atomic E-state index is 0.311. The van der Waals surface area contributed by atoms with Gasteiger partial charge in [-0.3, -0.25) is 4.79 Å². The molecule has 2 aromatic carbocycles. The Morgan fingerprint density at radius 3 is 2.44 bits per heavy atom. The first kappa shape index (κ1) is 16.5. The van der Waals surface area contributed by atoms with Gasteiger partial charge in [0, 0.05) is 16.6 Å². The monoisotopic (exact) mass is 348 g/mol. The van der Waals surface area contributed by atoms with E-state index in [4.69, 9.17) is 5.73 Å². The van der Waals surface area contributed by atoms with Gasteiger partial charge >= 0.3 is 6.36 Å². The molecule has 0 saturated carbocycles. The summed E-state index contributed by atoms with van der Waals surface area (Å²) in [6.45, 7) is 0. The van der Waals surface area contributed by atoms with Crippen LogP contribution in [0.2, 0.25) is 0 Å². The summed E-state index contributed by atoms with van der Waals surface area (Å²) in [7, 11) is 0. The first-order valence-electron chi connectivity index (χ1n) is 6.99. The van der Waals surface area contributed by atoms with Crippen molar-refractivity contribution in [2.24, 2.45) is 5.73 Å². The summed E-state index contributed by atoms with van der Waals surface area (Å²) in [5, 5.41) is 3.61. The number of nitrogens with two attached hydrogens (primary N) is 1. The van der Waals surface area contributed by atoms with Gasteiger partial charge in [-0.25, -0.2) is 9.97 Å². The number of benzene rings is 2. The van der Waals surface area contributed by atoms with Crippen molar-refractivity contribution in [1.82, 2.24) is 9.97 Å². The van der Waals surface area contributed by atoms with E-state index in [1.807, 2.05) is 0 Å². The number of nitrogens with zero attached hydrogens (tertiary/aromatic N) is 2. The number of aromatic nitrogens is 2. The molecule has 3 rings (SSSR count). The predicted molar refractivity (Wildman–Crippen MR) is 84.5 cm³/mol. The molecule has 9 heteroatoms. The SMILES string of the molecule is NC(=O)c1ccc2c(Nc3ccc(OC(F)(F)F)cc3)ncnc2c1. The van der Waals surface area contributed by atoms with Crippen molar-refractivity contribution >= 4 is 28.3 Å². The Hall–Kier alpha value is -3.36. The summed E-state index contributed by atoms with van der Waals surface area (Å²) in [4.78, 5) is 19.4. The number of nitrogens with one attached hydrogen (secondary N) is 1. The van der Waals surface area contributed by atoms with Crippen molar-refractivity contribution in [3.63, 3.8) is 0 Å². The van der Waals surface area contributed by atoms with Crippen LogP contribution in [0.4, 0.5) is 24.7 Å². The molecule has 0 aliphatic carbocycles. The van der Waals surface area contributed by atoms with E-state index in [2.05, 4.69) is 20.0 Å². The number of carbonyl (C=O) groups excluding carboxylic acids is 1. The van der Waals surface area contributed by atoms with Crippen LogP contribution in [0.1, 0.15) is 10.4 Å². The van der Waals surface area contributed by atoms with Crippen molar-refractivity contribution in [3.8, 4) is 5.75 Å². The maximum Gasteiger partial charge on any atom is 0.573 e. The molecular weight excluding hydrogens is 337 g/mol. The molecule has 0 aliphatic heterocycles. The predicted octanol–water partition coefficient (Wildman–Crippen LogP) is 3.37. The minimum Gasteiger partial charge on any atom is -0.406 e. The van der Waals surface area contributed by atoms with Crippen molar-refractivity contribution in [3.05, 3.63) is 54.4 Å². The highest BCUT2D eigenvalue weighted by atomic mass is 19.4. The van der Waals surface area contributed by atoms with Crippen molar-refractivity contribution in [2.45, 2.75) is 6.36 Å². The van der Waals surface area contributed by atoms with Crippen LogP contribution in [-0.2, 0) is 0 Å². The summed E-state index contributed by atoms with van der Waals surface area (Å²) in [5.41, 5.74) is 6.56. The van der Waals surface area contributed by atoms with Crippen molar-refractivity contribution in [1.29, 1.82) is 0 Å². The lowest BCUT2D eigenvalue weighted by molar-refractivity contribution is -0.274. The molecule has 0 radical (unpaired) electrons. The Kier molecular flexibility index (Phi) is 4.14. The van der Waals surface area contributed by atoms with Gasteiger partial charge in [0.15, 0.2) is 0 Å². The first-order valence-corrected chi connectivity index (χ1v) is 6.99. The first-order chi connectivity index (χ1) is 11.8. The zero-order valence-electron chi connectivity index (χ0n) is 12.5. The fourth-order valence-corrected chi connectivity index (χ4v) is 2.19. The molecule has 1 heterocycles. The molecule has 3 aromatic rings. The van der Waals surface area contributed by atoms with Gasteiger partial charge in [-0.1, -0.05) is 0 Å². The van der Waals surface area contributed by atoms with E-state index >= 15 is 0 Å². The van der Waals surface area contributed by atoms with Crippen molar-refractivity contribution < 1.29 is 22.7 Å². The highest BCUT2D eigenvalue weighted by molar-refractivity contribution is 5.99. The fourth-order valence-electron chi connectivity index (χ4n) is 2.19. The molecule has 0 saturated heterocycles. The van der Waals surface area contributed by atoms with Gasteiger partial charge < -0.3 is 15.8 Å². The van der Waals surface area contributed by atoms with E-state index in [9.17, 15) is 18.0 Å². The second-order valence-electron chi connectivity index (χ2n) is 5.02. The van der Waals surface area contributed by atoms with E-state index < -0.39 is 12.3 Å². The third-order valence-corrected chi connectivity index (χ3v) is 3.27. The van der Waals surface area contributed by atoms with E-state index in [1.54, 1.807) is 12.1 Å². The maximum atomic E-state index is 12.2. The normalized spacial score (nSPS) is 11.3. The third-order valence-electron chi connectivity index (χ3n) is 3.27. The van der Waals surface area contributed by atoms with Crippen LogP contribution in [0.5, 0.6) is 5.75 Å². The zero-order chi connectivity index (χ0) is 18.0. The average Bonchev–Trinajstić information content (AvgIpc) is 2.55. The Balaban J connectivity index is 1.86.